The molecule has 1 amide bonds. The Hall–Kier alpha value is -2.62. The Morgan fingerprint density at radius 2 is 1.94 bits per heavy atom. The predicted molar refractivity (Wildman–Crippen MR) is 128 cm³/mol. The van der Waals surface area contributed by atoms with Crippen molar-refractivity contribution in [2.24, 2.45) is 0 Å². The van der Waals surface area contributed by atoms with Gasteiger partial charge in [-0.15, -0.1) is 0 Å². The molecule has 2 fully saturated rings. The number of carbonyl (C=O) groups excluding carboxylic acids is 1. The molecule has 0 spiro atoms. The minimum atomic E-state index is -1.13. The van der Waals surface area contributed by atoms with Crippen molar-refractivity contribution >= 4 is 29.5 Å². The zero-order valence-corrected chi connectivity index (χ0v) is 19.8. The summed E-state index contributed by atoms with van der Waals surface area (Å²) < 4.78 is 22.2. The number of carboxylic acid groups (broad SMARTS) is 1. The van der Waals surface area contributed by atoms with Crippen LogP contribution in [0.1, 0.15) is 36.4 Å². The summed E-state index contributed by atoms with van der Waals surface area (Å²) in [5.74, 6) is -1.99. The van der Waals surface area contributed by atoms with Gasteiger partial charge in [-0.3, -0.25) is 9.59 Å². The first-order valence-electron chi connectivity index (χ1n) is 11.4. The molecule has 0 radical (unpaired) electrons. The smallest absolute Gasteiger partial charge is 0.306 e. The summed E-state index contributed by atoms with van der Waals surface area (Å²) in [6.45, 7) is 1.90. The van der Waals surface area contributed by atoms with Gasteiger partial charge in [0, 0.05) is 5.25 Å². The molecule has 9 heteroatoms. The van der Waals surface area contributed by atoms with Crippen LogP contribution in [0.4, 0.5) is 10.1 Å². The van der Waals surface area contributed by atoms with Crippen LogP contribution in [0.2, 0.25) is 0 Å². The quantitative estimate of drug-likeness (QED) is 0.494. The van der Waals surface area contributed by atoms with Gasteiger partial charge in [0.1, 0.15) is 11.9 Å². The molecular formula is C25H29FN2O5S. The topological polar surface area (TPSA) is 90.3 Å². The van der Waals surface area contributed by atoms with E-state index in [9.17, 15) is 24.2 Å². The molecule has 3 unspecified atom stereocenters. The molecule has 1 aliphatic heterocycles. The molecule has 182 valence electrons. The number of aliphatic hydroxyl groups excluding tert-OH is 1. The van der Waals surface area contributed by atoms with E-state index >= 15 is 0 Å². The number of aliphatic carboxylic acids is 1. The number of carbonyl (C=O) groups is 2. The van der Waals surface area contributed by atoms with Crippen molar-refractivity contribution < 1.29 is 28.9 Å². The molecule has 0 aromatic heterocycles. The summed E-state index contributed by atoms with van der Waals surface area (Å²) in [6, 6.07) is 12.9. The Morgan fingerprint density at radius 1 is 1.24 bits per heavy atom. The van der Waals surface area contributed by atoms with E-state index in [1.165, 1.54) is 18.0 Å². The number of nitrogens with zero attached hydrogens (tertiary/aromatic N) is 2. The van der Waals surface area contributed by atoms with Crippen LogP contribution in [0, 0.1) is 12.7 Å². The summed E-state index contributed by atoms with van der Waals surface area (Å²) in [7, 11) is 0. The molecule has 1 aliphatic carbocycles. The maximum Gasteiger partial charge on any atom is 0.306 e. The van der Waals surface area contributed by atoms with Crippen LogP contribution in [-0.4, -0.2) is 64.1 Å². The van der Waals surface area contributed by atoms with E-state index in [1.807, 2.05) is 35.5 Å². The molecule has 0 bridgehead atoms. The van der Waals surface area contributed by atoms with Gasteiger partial charge in [0.2, 0.25) is 0 Å². The second-order valence-electron chi connectivity index (χ2n) is 8.75. The molecule has 2 aromatic rings. The highest BCUT2D eigenvalue weighted by atomic mass is 32.2. The van der Waals surface area contributed by atoms with Crippen LogP contribution in [0.15, 0.2) is 48.5 Å². The highest BCUT2D eigenvalue weighted by Crippen LogP contribution is 2.40. The molecule has 1 saturated carbocycles. The van der Waals surface area contributed by atoms with E-state index in [2.05, 4.69) is 0 Å². The van der Waals surface area contributed by atoms with Gasteiger partial charge in [-0.05, 0) is 49.4 Å². The third-order valence-corrected chi connectivity index (χ3v) is 7.42. The average molecular weight is 489 g/mol. The number of rotatable bonds is 10. The number of aryl methyl sites for hydroxylation is 1. The summed E-state index contributed by atoms with van der Waals surface area (Å²) in [6.07, 6.45) is 0.471. The third kappa shape index (κ3) is 5.71. The highest BCUT2D eigenvalue weighted by molar-refractivity contribution is 8.01. The Morgan fingerprint density at radius 3 is 2.56 bits per heavy atom. The van der Waals surface area contributed by atoms with Crippen molar-refractivity contribution in [1.82, 2.24) is 4.90 Å². The molecule has 1 heterocycles. The van der Waals surface area contributed by atoms with Crippen molar-refractivity contribution in [2.45, 2.75) is 49.6 Å². The van der Waals surface area contributed by atoms with Gasteiger partial charge < -0.3 is 24.2 Å². The second kappa shape index (κ2) is 10.8. The number of anilines is 1. The number of halogens is 1. The lowest BCUT2D eigenvalue weighted by Crippen LogP contribution is -2.57. The summed E-state index contributed by atoms with van der Waals surface area (Å²) in [4.78, 5) is 26.3. The van der Waals surface area contributed by atoms with Crippen molar-refractivity contribution in [3.63, 3.8) is 0 Å². The Labute approximate surface area is 202 Å². The largest absolute Gasteiger partial charge is 0.481 e. The number of carboxylic acids is 1. The summed E-state index contributed by atoms with van der Waals surface area (Å²) in [5.41, 5.74) is 2.29. The first kappa shape index (κ1) is 24.5. The molecule has 7 nitrogen and oxygen atoms in total. The summed E-state index contributed by atoms with van der Waals surface area (Å²) >= 11 is 1.52. The number of aliphatic hydroxyl groups is 1. The Balaban J connectivity index is 1.66. The molecular weight excluding hydrogens is 459 g/mol. The Kier molecular flexibility index (Phi) is 7.75. The molecule has 2 aromatic carbocycles. The van der Waals surface area contributed by atoms with E-state index in [4.69, 9.17) is 4.74 Å². The number of para-hydroxylation sites is 1. The highest BCUT2D eigenvalue weighted by Gasteiger charge is 2.42. The van der Waals surface area contributed by atoms with E-state index in [1.54, 1.807) is 23.1 Å². The summed E-state index contributed by atoms with van der Waals surface area (Å²) in [5, 5.41) is 20.0. The van der Waals surface area contributed by atoms with E-state index < -0.39 is 36.5 Å². The molecule has 2 N–H and O–H groups in total. The minimum absolute atomic E-state index is 0.110. The maximum absolute atomic E-state index is 14.7. The van der Waals surface area contributed by atoms with Crippen LogP contribution < -0.4 is 4.31 Å². The number of hydrogen-bond donors (Lipinski definition) is 2. The normalized spacial score (nSPS) is 21.4. The first-order chi connectivity index (χ1) is 16.4. The first-order valence-corrected chi connectivity index (χ1v) is 12.2. The number of morpholine rings is 1. The third-order valence-electron chi connectivity index (χ3n) is 6.05. The van der Waals surface area contributed by atoms with E-state index in [0.717, 1.165) is 24.0 Å². The zero-order chi connectivity index (χ0) is 24.2. The lowest BCUT2D eigenvalue weighted by molar-refractivity contribution is -0.169. The zero-order valence-electron chi connectivity index (χ0n) is 19.0. The molecule has 34 heavy (non-hydrogen) atoms. The number of ether oxygens (including phenoxy) is 1. The second-order valence-corrected chi connectivity index (χ2v) is 10.1. The van der Waals surface area contributed by atoms with Crippen LogP contribution in [-0.2, 0) is 14.3 Å². The van der Waals surface area contributed by atoms with Gasteiger partial charge >= 0.3 is 5.97 Å². The van der Waals surface area contributed by atoms with Gasteiger partial charge in [-0.25, -0.2) is 4.39 Å². The minimum Gasteiger partial charge on any atom is -0.481 e. The van der Waals surface area contributed by atoms with Crippen molar-refractivity contribution in [3.8, 4) is 0 Å². The van der Waals surface area contributed by atoms with Crippen LogP contribution >= 0.6 is 11.9 Å². The van der Waals surface area contributed by atoms with Crippen LogP contribution in [0.5, 0.6) is 0 Å². The molecule has 4 rings (SSSR count). The Bertz CT molecular complexity index is 1020. The number of amides is 1. The number of benzene rings is 2. The maximum atomic E-state index is 14.7. The van der Waals surface area contributed by atoms with E-state index in [-0.39, 0.29) is 25.6 Å². The van der Waals surface area contributed by atoms with Crippen LogP contribution in [0.25, 0.3) is 0 Å². The predicted octanol–water partition coefficient (Wildman–Crippen LogP) is 3.56. The van der Waals surface area contributed by atoms with Gasteiger partial charge in [0.05, 0.1) is 44.0 Å². The lowest BCUT2D eigenvalue weighted by atomic mass is 9.99. The van der Waals surface area contributed by atoms with E-state index in [0.29, 0.717) is 10.9 Å². The van der Waals surface area contributed by atoms with Crippen LogP contribution in [0.3, 0.4) is 0 Å². The molecule has 2 aliphatic rings. The average Bonchev–Trinajstić information content (AvgIpc) is 3.63. The fourth-order valence-electron chi connectivity index (χ4n) is 4.09. The standard InChI is InChI=1S/C25H29FN2O5S/c1-16-6-8-17(9-7-16)22-15-33-23(12-24(30)31)25(32)28(22)18(14-29)13-27(34-19-10-11-19)21-5-3-2-4-20(21)26/h2-9,18-19,22-23,29H,10-15H2,1H3,(H,30,31). The number of hydrogen-bond acceptors (Lipinski definition) is 6. The lowest BCUT2D eigenvalue weighted by Gasteiger charge is -2.44. The van der Waals surface area contributed by atoms with Gasteiger partial charge in [-0.2, -0.15) is 0 Å². The van der Waals surface area contributed by atoms with Gasteiger partial charge in [0.15, 0.2) is 0 Å². The van der Waals surface area contributed by atoms with Crippen molar-refractivity contribution in [3.05, 3.63) is 65.5 Å². The SMILES string of the molecule is Cc1ccc(C2COC(CC(=O)O)C(=O)N2C(CO)CN(SC2CC2)c2ccccc2F)cc1. The fourth-order valence-corrected chi connectivity index (χ4v) is 5.32. The molecule has 3 atom stereocenters. The monoisotopic (exact) mass is 488 g/mol. The van der Waals surface area contributed by atoms with Crippen molar-refractivity contribution in [1.29, 1.82) is 0 Å². The van der Waals surface area contributed by atoms with Crippen molar-refractivity contribution in [2.75, 3.05) is 24.1 Å². The fraction of sp³-hybridized carbons (Fsp3) is 0.440. The van der Waals surface area contributed by atoms with Gasteiger partial charge in [-0.1, -0.05) is 42.0 Å². The van der Waals surface area contributed by atoms with Gasteiger partial charge in [0.25, 0.3) is 5.91 Å². The molecule has 1 saturated heterocycles.